The molecule has 0 fully saturated rings. The number of hydrogen-bond acceptors (Lipinski definition) is 5. The Labute approximate surface area is 118 Å². The summed E-state index contributed by atoms with van der Waals surface area (Å²) in [5.41, 5.74) is 0.116. The highest BCUT2D eigenvalue weighted by Crippen LogP contribution is 2.20. The van der Waals surface area contributed by atoms with E-state index < -0.39 is 36.9 Å². The summed E-state index contributed by atoms with van der Waals surface area (Å²) in [7, 11) is 1.30. The van der Waals surface area contributed by atoms with Crippen molar-refractivity contribution in [1.82, 2.24) is 5.32 Å². The highest BCUT2D eigenvalue weighted by atomic mass is 19.1. The predicted octanol–water partition coefficient (Wildman–Crippen LogP) is 0.584. The lowest BCUT2D eigenvalue weighted by Gasteiger charge is -2.08. The predicted molar refractivity (Wildman–Crippen MR) is 68.6 cm³/mol. The maximum absolute atomic E-state index is 13.4. The molecule has 8 nitrogen and oxygen atoms in total. The van der Waals surface area contributed by atoms with Crippen LogP contribution in [-0.4, -0.2) is 43.3 Å². The highest BCUT2D eigenvalue weighted by Gasteiger charge is 2.10. The lowest BCUT2D eigenvalue weighted by atomic mass is 10.3. The lowest BCUT2D eigenvalue weighted by molar-refractivity contribution is -0.143. The second-order valence-corrected chi connectivity index (χ2v) is 3.74. The molecular formula is C12H13FN2O6. The fourth-order valence-electron chi connectivity index (χ4n) is 1.30. The van der Waals surface area contributed by atoms with E-state index in [4.69, 9.17) is 9.84 Å². The number of carboxylic acids is 1. The first kappa shape index (κ1) is 16.4. The number of hydrogen-bond donors (Lipinski definition) is 3. The Morgan fingerprint density at radius 1 is 1.29 bits per heavy atom. The molecule has 1 aromatic carbocycles. The minimum Gasteiger partial charge on any atom is -0.494 e. The van der Waals surface area contributed by atoms with Gasteiger partial charge in [0, 0.05) is 11.8 Å². The number of carbonyl (C=O) groups excluding carboxylic acids is 2. The number of amides is 3. The summed E-state index contributed by atoms with van der Waals surface area (Å²) in [6.07, 6.45) is 0. The third-order valence-electron chi connectivity index (χ3n) is 2.12. The monoisotopic (exact) mass is 300 g/mol. The fourth-order valence-corrected chi connectivity index (χ4v) is 1.30. The zero-order chi connectivity index (χ0) is 15.8. The molecule has 1 rings (SSSR count). The summed E-state index contributed by atoms with van der Waals surface area (Å²) in [5.74, 6) is -2.73. The van der Waals surface area contributed by atoms with E-state index in [9.17, 15) is 18.8 Å². The van der Waals surface area contributed by atoms with E-state index in [1.54, 1.807) is 0 Å². The first-order chi connectivity index (χ1) is 9.92. The summed E-state index contributed by atoms with van der Waals surface area (Å²) in [6.45, 7) is -1.24. The Morgan fingerprint density at radius 2 is 2.00 bits per heavy atom. The molecule has 0 bridgehead atoms. The lowest BCUT2D eigenvalue weighted by Crippen LogP contribution is -2.37. The molecule has 0 saturated heterocycles. The number of carboxylic acid groups (broad SMARTS) is 1. The van der Waals surface area contributed by atoms with E-state index in [2.05, 4.69) is 10.1 Å². The van der Waals surface area contributed by atoms with E-state index in [1.165, 1.54) is 19.2 Å². The van der Waals surface area contributed by atoms with Crippen LogP contribution in [0.3, 0.4) is 0 Å². The van der Waals surface area contributed by atoms with Crippen molar-refractivity contribution in [3.63, 3.8) is 0 Å². The molecule has 0 aliphatic rings. The Balaban J connectivity index is 2.44. The number of nitrogens with one attached hydrogen (secondary N) is 2. The largest absolute Gasteiger partial charge is 0.494 e. The van der Waals surface area contributed by atoms with Gasteiger partial charge in [0.2, 0.25) is 0 Å². The molecule has 0 radical (unpaired) electrons. The van der Waals surface area contributed by atoms with Crippen molar-refractivity contribution < 1.29 is 33.4 Å². The van der Waals surface area contributed by atoms with Crippen LogP contribution in [-0.2, 0) is 14.3 Å². The smallest absolute Gasteiger partial charge is 0.329 e. The minimum atomic E-state index is -1.24. The van der Waals surface area contributed by atoms with E-state index in [1.807, 2.05) is 5.32 Å². The van der Waals surface area contributed by atoms with Crippen molar-refractivity contribution in [2.75, 3.05) is 25.6 Å². The Bertz CT molecular complexity index is 549. The van der Waals surface area contributed by atoms with Crippen LogP contribution in [0.2, 0.25) is 0 Å². The van der Waals surface area contributed by atoms with Crippen molar-refractivity contribution in [2.24, 2.45) is 0 Å². The van der Waals surface area contributed by atoms with Crippen molar-refractivity contribution in [1.29, 1.82) is 0 Å². The molecule has 9 heteroatoms. The van der Waals surface area contributed by atoms with Crippen LogP contribution >= 0.6 is 0 Å². The molecule has 21 heavy (non-hydrogen) atoms. The molecule has 3 amide bonds. The van der Waals surface area contributed by atoms with Crippen molar-refractivity contribution in [2.45, 2.75) is 0 Å². The summed E-state index contributed by atoms with van der Waals surface area (Å²) in [5, 5.41) is 12.4. The van der Waals surface area contributed by atoms with Gasteiger partial charge in [0.1, 0.15) is 13.2 Å². The first-order valence-electron chi connectivity index (χ1n) is 5.66. The number of carbonyl (C=O) groups is 3. The van der Waals surface area contributed by atoms with Crippen LogP contribution < -0.4 is 15.4 Å². The maximum atomic E-state index is 13.4. The zero-order valence-corrected chi connectivity index (χ0v) is 11.0. The van der Waals surface area contributed by atoms with Gasteiger partial charge in [-0.15, -0.1) is 0 Å². The van der Waals surface area contributed by atoms with Gasteiger partial charge in [-0.1, -0.05) is 0 Å². The second kappa shape index (κ2) is 7.80. The Kier molecular flexibility index (Phi) is 6.08. The average Bonchev–Trinajstić information content (AvgIpc) is 2.38. The van der Waals surface area contributed by atoms with Crippen LogP contribution in [0, 0.1) is 5.82 Å². The molecule has 1 aromatic rings. The molecule has 0 aliphatic heterocycles. The van der Waals surface area contributed by atoms with Gasteiger partial charge in [-0.05, 0) is 12.1 Å². The zero-order valence-electron chi connectivity index (χ0n) is 11.0. The van der Waals surface area contributed by atoms with Gasteiger partial charge in [0.25, 0.3) is 5.91 Å². The second-order valence-electron chi connectivity index (χ2n) is 3.74. The third-order valence-corrected chi connectivity index (χ3v) is 2.12. The molecule has 0 spiro atoms. The Hall–Kier alpha value is -2.68. The summed E-state index contributed by atoms with van der Waals surface area (Å²) >= 11 is 0. The van der Waals surface area contributed by atoms with Gasteiger partial charge in [-0.2, -0.15) is 0 Å². The van der Waals surface area contributed by atoms with Crippen LogP contribution in [0.15, 0.2) is 18.2 Å². The number of rotatable bonds is 6. The number of aliphatic carboxylic acids is 1. The quantitative estimate of drug-likeness (QED) is 0.708. The minimum absolute atomic E-state index is 0.0131. The van der Waals surface area contributed by atoms with Gasteiger partial charge < -0.3 is 19.9 Å². The van der Waals surface area contributed by atoms with Crippen molar-refractivity contribution >= 4 is 23.6 Å². The Morgan fingerprint density at radius 3 is 2.57 bits per heavy atom. The number of urea groups is 1. The fraction of sp³-hybridized carbons (Fsp3) is 0.250. The van der Waals surface area contributed by atoms with Gasteiger partial charge in [0.05, 0.1) is 7.11 Å². The summed E-state index contributed by atoms with van der Waals surface area (Å²) < 4.78 is 22.6. The molecule has 0 aromatic heterocycles. The number of imide groups is 1. The van der Waals surface area contributed by atoms with E-state index in [0.717, 1.165) is 6.07 Å². The highest BCUT2D eigenvalue weighted by molar-refractivity contribution is 6.01. The van der Waals surface area contributed by atoms with Crippen LogP contribution in [0.4, 0.5) is 14.9 Å². The normalized spacial score (nSPS) is 9.81. The van der Waals surface area contributed by atoms with Gasteiger partial charge in [0.15, 0.2) is 11.6 Å². The average molecular weight is 300 g/mol. The molecule has 114 valence electrons. The van der Waals surface area contributed by atoms with Gasteiger partial charge in [-0.3, -0.25) is 10.1 Å². The standard InChI is InChI=1S/C12H13FN2O6/c1-20-9-3-2-7(4-8(9)13)14-12(19)15-10(16)5-21-6-11(17)18/h2-4H,5-6H2,1H3,(H,17,18)(H2,14,15,16,19). The number of ether oxygens (including phenoxy) is 2. The van der Waals surface area contributed by atoms with E-state index in [-0.39, 0.29) is 11.4 Å². The molecule has 0 aliphatic carbocycles. The van der Waals surface area contributed by atoms with Gasteiger partial charge in [-0.25, -0.2) is 14.0 Å². The number of anilines is 1. The van der Waals surface area contributed by atoms with Crippen LogP contribution in [0.25, 0.3) is 0 Å². The topological polar surface area (TPSA) is 114 Å². The molecule has 0 atom stereocenters. The molecule has 0 saturated carbocycles. The van der Waals surface area contributed by atoms with Gasteiger partial charge >= 0.3 is 12.0 Å². The van der Waals surface area contributed by atoms with Crippen molar-refractivity contribution in [3.8, 4) is 5.75 Å². The number of methoxy groups -OCH3 is 1. The van der Waals surface area contributed by atoms with Crippen LogP contribution in [0.1, 0.15) is 0 Å². The molecule has 0 heterocycles. The molecule has 0 unspecified atom stereocenters. The molecular weight excluding hydrogens is 287 g/mol. The first-order valence-corrected chi connectivity index (χ1v) is 5.66. The van der Waals surface area contributed by atoms with E-state index in [0.29, 0.717) is 0 Å². The number of benzene rings is 1. The van der Waals surface area contributed by atoms with E-state index >= 15 is 0 Å². The molecule has 3 N–H and O–H groups in total. The summed E-state index contributed by atoms with van der Waals surface area (Å²) in [6, 6.07) is 2.81. The van der Waals surface area contributed by atoms with Crippen molar-refractivity contribution in [3.05, 3.63) is 24.0 Å². The number of halogens is 1. The third kappa shape index (κ3) is 5.87. The van der Waals surface area contributed by atoms with Crippen LogP contribution in [0.5, 0.6) is 5.75 Å². The SMILES string of the molecule is COc1ccc(NC(=O)NC(=O)COCC(=O)O)cc1F. The summed E-state index contributed by atoms with van der Waals surface area (Å²) in [4.78, 5) is 32.8. The maximum Gasteiger partial charge on any atom is 0.329 e.